The Balaban J connectivity index is 2.13. The van der Waals surface area contributed by atoms with Crippen LogP contribution in [0.25, 0.3) is 0 Å². The maximum atomic E-state index is 14.0. The lowest BCUT2D eigenvalue weighted by atomic mass is 9.69. The topological polar surface area (TPSA) is 20.2 Å². The van der Waals surface area contributed by atoms with E-state index in [1.165, 1.54) is 24.3 Å². The zero-order valence-electron chi connectivity index (χ0n) is 15.3. The van der Waals surface area contributed by atoms with E-state index in [2.05, 4.69) is 13.8 Å². The monoisotopic (exact) mass is 376 g/mol. The third-order valence-corrected chi connectivity index (χ3v) is 7.13. The van der Waals surface area contributed by atoms with E-state index < -0.39 is 6.10 Å². The molecular formula is C22H26F2OS. The maximum absolute atomic E-state index is 14.0. The van der Waals surface area contributed by atoms with E-state index in [9.17, 15) is 13.9 Å². The molecule has 1 heterocycles. The lowest BCUT2D eigenvalue weighted by Gasteiger charge is -2.39. The third kappa shape index (κ3) is 3.67. The molecule has 0 radical (unpaired) electrons. The summed E-state index contributed by atoms with van der Waals surface area (Å²) in [6.07, 6.45) is 3.27. The van der Waals surface area contributed by atoms with E-state index in [1.54, 1.807) is 23.9 Å². The summed E-state index contributed by atoms with van der Waals surface area (Å²) in [5, 5.41) is 11.5. The van der Waals surface area contributed by atoms with Gasteiger partial charge in [0, 0.05) is 22.0 Å². The predicted octanol–water partition coefficient (Wildman–Crippen LogP) is 6.15. The first-order valence-electron chi connectivity index (χ1n) is 9.36. The number of aliphatic hydroxyl groups is 1. The second-order valence-electron chi connectivity index (χ2n) is 7.26. The number of hydrogen-bond acceptors (Lipinski definition) is 2. The molecule has 1 aliphatic heterocycles. The summed E-state index contributed by atoms with van der Waals surface area (Å²) >= 11 is 1.70. The van der Waals surface area contributed by atoms with E-state index in [4.69, 9.17) is 0 Å². The quantitative estimate of drug-likeness (QED) is 0.675. The Labute approximate surface area is 158 Å². The van der Waals surface area contributed by atoms with Crippen LogP contribution in [0.4, 0.5) is 8.78 Å². The van der Waals surface area contributed by atoms with Crippen molar-refractivity contribution >= 4 is 11.8 Å². The van der Waals surface area contributed by atoms with Gasteiger partial charge in [0.05, 0.1) is 6.10 Å². The summed E-state index contributed by atoms with van der Waals surface area (Å²) in [4.78, 5) is 1.01. The number of rotatable bonds is 5. The zero-order chi connectivity index (χ0) is 18.7. The number of aliphatic hydroxyl groups excluding tert-OH is 1. The lowest BCUT2D eigenvalue weighted by molar-refractivity contribution is 0.0182. The van der Waals surface area contributed by atoms with E-state index in [0.717, 1.165) is 47.5 Å². The molecule has 0 bridgehead atoms. The van der Waals surface area contributed by atoms with Gasteiger partial charge in [-0.05, 0) is 54.3 Å². The molecular weight excluding hydrogens is 350 g/mol. The fourth-order valence-electron chi connectivity index (χ4n) is 3.99. The highest BCUT2D eigenvalue weighted by molar-refractivity contribution is 7.99. The van der Waals surface area contributed by atoms with Crippen molar-refractivity contribution in [2.45, 2.75) is 56.4 Å². The first-order chi connectivity index (χ1) is 12.5. The van der Waals surface area contributed by atoms with Gasteiger partial charge in [0.2, 0.25) is 0 Å². The van der Waals surface area contributed by atoms with Crippen molar-refractivity contribution in [3.63, 3.8) is 0 Å². The molecule has 0 unspecified atom stereocenters. The summed E-state index contributed by atoms with van der Waals surface area (Å²) in [6.45, 7) is 4.28. The van der Waals surface area contributed by atoms with Gasteiger partial charge in [-0.15, -0.1) is 11.8 Å². The fourth-order valence-corrected chi connectivity index (χ4v) is 5.47. The minimum absolute atomic E-state index is 0.241. The van der Waals surface area contributed by atoms with Crippen LogP contribution in [-0.2, 0) is 0 Å². The Morgan fingerprint density at radius 2 is 1.77 bits per heavy atom. The molecule has 3 rings (SSSR count). The molecule has 2 aromatic rings. The molecule has 140 valence electrons. The molecule has 1 nitrogen and oxygen atoms in total. The van der Waals surface area contributed by atoms with Crippen molar-refractivity contribution < 1.29 is 13.9 Å². The number of unbranched alkanes of at least 4 members (excludes halogenated alkanes) is 1. The van der Waals surface area contributed by atoms with Gasteiger partial charge >= 0.3 is 0 Å². The van der Waals surface area contributed by atoms with Gasteiger partial charge in [-0.3, -0.25) is 0 Å². The standard InChI is InChI=1S/C22H26F2OS/c1-3-5-12-22(4-2)14-26-19-11-10-17(24)13-18(19)20(21(22)25)15-6-8-16(23)9-7-15/h6-11,13,20-21,25H,3-5,12,14H2,1-2H3/t20-,21-,22-/m1/s1. The van der Waals surface area contributed by atoms with Gasteiger partial charge < -0.3 is 5.11 Å². The van der Waals surface area contributed by atoms with E-state index in [-0.39, 0.29) is 23.0 Å². The van der Waals surface area contributed by atoms with Crippen LogP contribution in [0.1, 0.15) is 56.6 Å². The second kappa shape index (κ2) is 8.10. The van der Waals surface area contributed by atoms with Gasteiger partial charge in [-0.2, -0.15) is 0 Å². The molecule has 2 aromatic carbocycles. The highest BCUT2D eigenvalue weighted by Crippen LogP contribution is 2.50. The van der Waals surface area contributed by atoms with Crippen LogP contribution in [0, 0.1) is 17.0 Å². The third-order valence-electron chi connectivity index (χ3n) is 5.73. The highest BCUT2D eigenvalue weighted by atomic mass is 32.2. The molecule has 1 aliphatic rings. The van der Waals surface area contributed by atoms with Crippen LogP contribution < -0.4 is 0 Å². The molecule has 26 heavy (non-hydrogen) atoms. The highest BCUT2D eigenvalue weighted by Gasteiger charge is 2.44. The van der Waals surface area contributed by atoms with Crippen LogP contribution in [0.2, 0.25) is 0 Å². The number of thioether (sulfide) groups is 1. The van der Waals surface area contributed by atoms with Crippen molar-refractivity contribution in [1.82, 2.24) is 0 Å². The van der Waals surface area contributed by atoms with Crippen LogP contribution in [-0.4, -0.2) is 17.0 Å². The Morgan fingerprint density at radius 3 is 2.42 bits per heavy atom. The molecule has 0 amide bonds. The van der Waals surface area contributed by atoms with Gasteiger partial charge in [0.25, 0.3) is 0 Å². The normalized spacial score (nSPS) is 25.6. The summed E-state index contributed by atoms with van der Waals surface area (Å²) in [6, 6.07) is 11.1. The molecule has 4 heteroatoms. The van der Waals surface area contributed by atoms with E-state index in [0.29, 0.717) is 0 Å². The van der Waals surface area contributed by atoms with Crippen LogP contribution in [0.15, 0.2) is 47.4 Å². The largest absolute Gasteiger partial charge is 0.392 e. The zero-order valence-corrected chi connectivity index (χ0v) is 16.2. The van der Waals surface area contributed by atoms with Gasteiger partial charge in [0.15, 0.2) is 0 Å². The Hall–Kier alpha value is -1.39. The van der Waals surface area contributed by atoms with Crippen molar-refractivity contribution in [3.05, 3.63) is 65.2 Å². The van der Waals surface area contributed by atoms with Crippen molar-refractivity contribution in [3.8, 4) is 0 Å². The molecule has 0 fully saturated rings. The number of fused-ring (bicyclic) bond motifs is 1. The molecule has 0 spiro atoms. The molecule has 1 N–H and O–H groups in total. The van der Waals surface area contributed by atoms with Gasteiger partial charge in [0.1, 0.15) is 11.6 Å². The lowest BCUT2D eigenvalue weighted by Crippen LogP contribution is -2.40. The van der Waals surface area contributed by atoms with Crippen molar-refractivity contribution in [1.29, 1.82) is 0 Å². The summed E-state index contributed by atoms with van der Waals surface area (Å²) in [5.41, 5.74) is 1.40. The minimum Gasteiger partial charge on any atom is -0.392 e. The van der Waals surface area contributed by atoms with Crippen LogP contribution in [0.5, 0.6) is 0 Å². The van der Waals surface area contributed by atoms with Crippen LogP contribution >= 0.6 is 11.8 Å². The average Bonchev–Trinajstić information content (AvgIpc) is 2.76. The predicted molar refractivity (Wildman–Crippen MR) is 104 cm³/mol. The van der Waals surface area contributed by atoms with Crippen molar-refractivity contribution in [2.24, 2.45) is 5.41 Å². The number of halogens is 2. The molecule has 0 aromatic heterocycles. The number of benzene rings is 2. The summed E-state index contributed by atoms with van der Waals surface area (Å²) in [7, 11) is 0. The van der Waals surface area contributed by atoms with Gasteiger partial charge in [-0.25, -0.2) is 8.78 Å². The van der Waals surface area contributed by atoms with Crippen LogP contribution in [0.3, 0.4) is 0 Å². The first-order valence-corrected chi connectivity index (χ1v) is 10.3. The average molecular weight is 377 g/mol. The second-order valence-corrected chi connectivity index (χ2v) is 8.28. The first kappa shape index (κ1) is 19.4. The molecule has 0 saturated carbocycles. The Kier molecular flexibility index (Phi) is 6.03. The number of hydrogen-bond donors (Lipinski definition) is 1. The van der Waals surface area contributed by atoms with E-state index in [1.807, 2.05) is 6.07 Å². The van der Waals surface area contributed by atoms with Gasteiger partial charge in [-0.1, -0.05) is 38.8 Å². The fraction of sp³-hybridized carbons (Fsp3) is 0.455. The summed E-state index contributed by atoms with van der Waals surface area (Å²) < 4.78 is 27.5. The molecule has 0 saturated heterocycles. The summed E-state index contributed by atoms with van der Waals surface area (Å²) in [5.74, 6) is -0.158. The van der Waals surface area contributed by atoms with E-state index >= 15 is 0 Å². The maximum Gasteiger partial charge on any atom is 0.123 e. The minimum atomic E-state index is -0.639. The Bertz CT molecular complexity index is 746. The molecule has 0 aliphatic carbocycles. The van der Waals surface area contributed by atoms with Crippen molar-refractivity contribution in [2.75, 3.05) is 5.75 Å². The smallest absolute Gasteiger partial charge is 0.123 e. The Morgan fingerprint density at radius 1 is 1.08 bits per heavy atom. The molecule has 3 atom stereocenters. The SMILES string of the molecule is CCCC[C@]1(CC)CSc2ccc(F)cc2[C@@H](c2ccc(F)cc2)[C@H]1O.